The first-order valence-corrected chi connectivity index (χ1v) is 3.81. The van der Waals surface area contributed by atoms with Crippen molar-refractivity contribution in [3.05, 3.63) is 0 Å². The van der Waals surface area contributed by atoms with E-state index in [4.69, 9.17) is 0 Å². The molecule has 1 fully saturated rings. The Hall–Kier alpha value is -1.17. The zero-order valence-electron chi connectivity index (χ0n) is 6.12. The average molecular weight is 187 g/mol. The Balaban J connectivity index is 2.38. The van der Waals surface area contributed by atoms with E-state index in [9.17, 15) is 14.7 Å². The fourth-order valence-electron chi connectivity index (χ4n) is 0.924. The van der Waals surface area contributed by atoms with Crippen LogP contribution in [0.1, 0.15) is 12.8 Å². The van der Waals surface area contributed by atoms with E-state index >= 15 is 0 Å². The van der Waals surface area contributed by atoms with Gasteiger partial charge in [0.2, 0.25) is 5.91 Å². The SMILES string of the molecule is O=C([O-])CCC1NC(=S)NC1=O. The molecule has 0 aliphatic carbocycles. The lowest BCUT2D eigenvalue weighted by Crippen LogP contribution is -2.32. The second kappa shape index (κ2) is 3.48. The molecule has 0 aromatic rings. The fraction of sp³-hybridized carbons (Fsp3) is 0.500. The summed E-state index contributed by atoms with van der Waals surface area (Å²) in [7, 11) is 0. The maximum absolute atomic E-state index is 10.9. The van der Waals surface area contributed by atoms with Gasteiger partial charge < -0.3 is 20.5 Å². The number of carboxylic acids is 1. The summed E-state index contributed by atoms with van der Waals surface area (Å²) in [5.41, 5.74) is 0. The minimum atomic E-state index is -1.16. The van der Waals surface area contributed by atoms with Crippen LogP contribution < -0.4 is 15.7 Å². The lowest BCUT2D eigenvalue weighted by Gasteiger charge is -2.06. The molecule has 1 aliphatic rings. The molecule has 0 aromatic carbocycles. The summed E-state index contributed by atoms with van der Waals surface area (Å²) in [6.45, 7) is 0. The number of nitrogens with one attached hydrogen (secondary N) is 2. The molecule has 1 aliphatic heterocycles. The molecular weight excluding hydrogens is 180 g/mol. The number of carbonyl (C=O) groups is 2. The maximum atomic E-state index is 10.9. The summed E-state index contributed by atoms with van der Waals surface area (Å²) in [5, 5.41) is 15.3. The summed E-state index contributed by atoms with van der Waals surface area (Å²) in [4.78, 5) is 21.0. The predicted molar refractivity (Wildman–Crippen MR) is 41.9 cm³/mol. The minimum absolute atomic E-state index is 0.145. The first kappa shape index (κ1) is 8.92. The van der Waals surface area contributed by atoms with Crippen molar-refractivity contribution in [2.45, 2.75) is 18.9 Å². The molecule has 2 N–H and O–H groups in total. The molecule has 1 unspecified atom stereocenters. The Morgan fingerprint density at radius 2 is 2.33 bits per heavy atom. The van der Waals surface area contributed by atoms with Crippen LogP contribution in [-0.4, -0.2) is 23.0 Å². The highest BCUT2D eigenvalue weighted by Crippen LogP contribution is 2.01. The van der Waals surface area contributed by atoms with Gasteiger partial charge in [0.1, 0.15) is 6.04 Å². The van der Waals surface area contributed by atoms with E-state index < -0.39 is 12.0 Å². The van der Waals surface area contributed by atoms with Gasteiger partial charge in [-0.15, -0.1) is 0 Å². The lowest BCUT2D eigenvalue weighted by molar-refractivity contribution is -0.305. The Bertz CT molecular complexity index is 241. The normalized spacial score (nSPS) is 21.8. The summed E-state index contributed by atoms with van der Waals surface area (Å²) in [6, 6.07) is -0.518. The van der Waals surface area contributed by atoms with Gasteiger partial charge in [0.25, 0.3) is 0 Å². The quantitative estimate of drug-likeness (QED) is 0.494. The third kappa shape index (κ3) is 2.16. The van der Waals surface area contributed by atoms with E-state index in [-0.39, 0.29) is 23.9 Å². The van der Waals surface area contributed by atoms with Crippen LogP contribution in [0.4, 0.5) is 0 Å². The molecule has 6 heteroatoms. The monoisotopic (exact) mass is 187 g/mol. The molecule has 5 nitrogen and oxygen atoms in total. The zero-order valence-corrected chi connectivity index (χ0v) is 6.94. The van der Waals surface area contributed by atoms with Crippen LogP contribution in [0, 0.1) is 0 Å². The van der Waals surface area contributed by atoms with Crippen molar-refractivity contribution >= 4 is 29.2 Å². The highest BCUT2D eigenvalue weighted by molar-refractivity contribution is 7.80. The van der Waals surface area contributed by atoms with Gasteiger partial charge in [-0.3, -0.25) is 4.79 Å². The van der Waals surface area contributed by atoms with Crippen LogP contribution in [0.15, 0.2) is 0 Å². The number of carboxylic acid groups (broad SMARTS) is 1. The maximum Gasteiger partial charge on any atom is 0.248 e. The largest absolute Gasteiger partial charge is 0.550 e. The highest BCUT2D eigenvalue weighted by Gasteiger charge is 2.26. The number of hydrogen-bond acceptors (Lipinski definition) is 4. The molecule has 1 heterocycles. The topological polar surface area (TPSA) is 81.3 Å². The van der Waals surface area contributed by atoms with Crippen molar-refractivity contribution in [2.24, 2.45) is 0 Å². The van der Waals surface area contributed by atoms with Gasteiger partial charge in [-0.05, 0) is 25.1 Å². The lowest BCUT2D eigenvalue weighted by atomic mass is 10.1. The first-order chi connectivity index (χ1) is 5.59. The molecule has 0 aromatic heterocycles. The third-order valence-corrected chi connectivity index (χ3v) is 1.72. The number of hydrogen-bond donors (Lipinski definition) is 2. The van der Waals surface area contributed by atoms with E-state index in [0.717, 1.165) is 0 Å². The van der Waals surface area contributed by atoms with Crippen molar-refractivity contribution < 1.29 is 14.7 Å². The van der Waals surface area contributed by atoms with Crippen molar-refractivity contribution in [1.82, 2.24) is 10.6 Å². The average Bonchev–Trinajstić information content (AvgIpc) is 2.26. The Morgan fingerprint density at radius 3 is 2.75 bits per heavy atom. The van der Waals surface area contributed by atoms with Gasteiger partial charge in [-0.2, -0.15) is 0 Å². The predicted octanol–water partition coefficient (Wildman–Crippen LogP) is -2.11. The van der Waals surface area contributed by atoms with Crippen LogP contribution in [0.3, 0.4) is 0 Å². The van der Waals surface area contributed by atoms with Crippen molar-refractivity contribution in [1.29, 1.82) is 0 Å². The van der Waals surface area contributed by atoms with Gasteiger partial charge in [-0.1, -0.05) is 0 Å². The van der Waals surface area contributed by atoms with E-state index in [1.54, 1.807) is 0 Å². The summed E-state index contributed by atoms with van der Waals surface area (Å²) < 4.78 is 0. The van der Waals surface area contributed by atoms with Crippen LogP contribution in [-0.2, 0) is 9.59 Å². The number of amides is 1. The van der Waals surface area contributed by atoms with E-state index in [2.05, 4.69) is 22.9 Å². The third-order valence-electron chi connectivity index (χ3n) is 1.50. The first-order valence-electron chi connectivity index (χ1n) is 3.41. The summed E-state index contributed by atoms with van der Waals surface area (Å²) in [6.07, 6.45) is 0.0575. The Kier molecular flexibility index (Phi) is 2.59. The molecule has 0 bridgehead atoms. The van der Waals surface area contributed by atoms with Crippen LogP contribution >= 0.6 is 12.2 Å². The van der Waals surface area contributed by atoms with Gasteiger partial charge in [0.15, 0.2) is 5.11 Å². The summed E-state index contributed by atoms with van der Waals surface area (Å²) in [5.74, 6) is -1.44. The van der Waals surface area contributed by atoms with Gasteiger partial charge >= 0.3 is 0 Å². The number of aliphatic carboxylic acids is 1. The standard InChI is InChI=1S/C6H8N2O3S/c9-4(10)2-1-3-5(11)8-6(12)7-3/h3H,1-2H2,(H,9,10)(H2,7,8,11,12)/p-1. The molecule has 1 amide bonds. The van der Waals surface area contributed by atoms with Crippen molar-refractivity contribution in [3.8, 4) is 0 Å². The fourth-order valence-corrected chi connectivity index (χ4v) is 1.17. The number of rotatable bonds is 3. The molecule has 66 valence electrons. The van der Waals surface area contributed by atoms with Crippen molar-refractivity contribution in [3.63, 3.8) is 0 Å². The summed E-state index contributed by atoms with van der Waals surface area (Å²) >= 11 is 4.65. The number of carbonyl (C=O) groups excluding carboxylic acids is 2. The van der Waals surface area contributed by atoms with Crippen LogP contribution in [0.2, 0.25) is 0 Å². The second-order valence-corrected chi connectivity index (χ2v) is 2.83. The molecule has 0 saturated carbocycles. The van der Waals surface area contributed by atoms with Crippen molar-refractivity contribution in [2.75, 3.05) is 0 Å². The highest BCUT2D eigenvalue weighted by atomic mass is 32.1. The second-order valence-electron chi connectivity index (χ2n) is 2.43. The van der Waals surface area contributed by atoms with Crippen LogP contribution in [0.25, 0.3) is 0 Å². The molecule has 1 rings (SSSR count). The Morgan fingerprint density at radius 1 is 1.67 bits per heavy atom. The van der Waals surface area contributed by atoms with E-state index in [0.29, 0.717) is 0 Å². The molecule has 1 atom stereocenters. The minimum Gasteiger partial charge on any atom is -0.550 e. The smallest absolute Gasteiger partial charge is 0.248 e. The Labute approximate surface area is 74.1 Å². The number of thiocarbonyl (C=S) groups is 1. The zero-order chi connectivity index (χ0) is 9.14. The van der Waals surface area contributed by atoms with Gasteiger partial charge in [-0.25, -0.2) is 0 Å². The van der Waals surface area contributed by atoms with Crippen LogP contribution in [0.5, 0.6) is 0 Å². The molecule has 0 radical (unpaired) electrons. The molecule has 1 saturated heterocycles. The molecule has 12 heavy (non-hydrogen) atoms. The molecular formula is C6H7N2O3S-. The van der Waals surface area contributed by atoms with E-state index in [1.165, 1.54) is 0 Å². The van der Waals surface area contributed by atoms with Gasteiger partial charge in [0.05, 0.1) is 0 Å². The van der Waals surface area contributed by atoms with Gasteiger partial charge in [0, 0.05) is 5.97 Å². The van der Waals surface area contributed by atoms with E-state index in [1.807, 2.05) is 0 Å². The molecule has 0 spiro atoms.